The van der Waals surface area contributed by atoms with Crippen LogP contribution >= 0.6 is 0 Å². The Hall–Kier alpha value is -1.60. The summed E-state index contributed by atoms with van der Waals surface area (Å²) in [7, 11) is -3.67. The van der Waals surface area contributed by atoms with Crippen molar-refractivity contribution in [1.29, 1.82) is 0 Å². The molecule has 1 aliphatic rings. The number of anilines is 1. The average Bonchev–Trinajstić information content (AvgIpc) is 2.68. The Labute approximate surface area is 119 Å². The van der Waals surface area contributed by atoms with E-state index in [9.17, 15) is 18.3 Å². The van der Waals surface area contributed by atoms with Gasteiger partial charge < -0.3 is 20.7 Å². The van der Waals surface area contributed by atoms with E-state index in [1.165, 1.54) is 6.33 Å². The molecule has 1 fully saturated rings. The minimum Gasteiger partial charge on any atom is -0.394 e. The number of ether oxygens (including phenoxy) is 1. The summed E-state index contributed by atoms with van der Waals surface area (Å²) in [6.45, 7) is -0.303. The number of aliphatic hydroxyl groups is 2. The largest absolute Gasteiger partial charge is 0.394 e. The molecule has 0 saturated carbocycles. The molecule has 0 unspecified atom stereocenters. The quantitative estimate of drug-likeness (QED) is 0.420. The first-order chi connectivity index (χ1) is 9.61. The third kappa shape index (κ3) is 5.73. The number of aromatic nitrogens is 3. The second kappa shape index (κ2) is 6.91. The van der Waals surface area contributed by atoms with Crippen LogP contribution in [-0.2, 0) is 14.9 Å². The molecule has 0 spiro atoms. The highest BCUT2D eigenvalue weighted by atomic mass is 32.2. The summed E-state index contributed by atoms with van der Waals surface area (Å²) in [4.78, 5) is 18.5. The minimum atomic E-state index is -3.67. The van der Waals surface area contributed by atoms with Crippen molar-refractivity contribution in [2.75, 3.05) is 18.6 Å². The van der Waals surface area contributed by atoms with Gasteiger partial charge in [-0.05, 0) is 0 Å². The van der Waals surface area contributed by atoms with Gasteiger partial charge in [0, 0.05) is 6.42 Å². The zero-order chi connectivity index (χ0) is 16.2. The summed E-state index contributed by atoms with van der Waals surface area (Å²) in [6, 6.07) is 0. The number of rotatable bonds is 2. The molecule has 12 heteroatoms. The fourth-order valence-corrected chi connectivity index (χ4v) is 1.60. The minimum absolute atomic E-state index is 0.112. The molecule has 0 aromatic carbocycles. The van der Waals surface area contributed by atoms with Crippen LogP contribution in [0.3, 0.4) is 0 Å². The zero-order valence-electron chi connectivity index (χ0n) is 11.0. The van der Waals surface area contributed by atoms with Gasteiger partial charge in [-0.25, -0.2) is 9.78 Å². The van der Waals surface area contributed by atoms with E-state index in [0.29, 0.717) is 6.26 Å². The van der Waals surface area contributed by atoms with Crippen LogP contribution in [-0.4, -0.2) is 62.8 Å². The highest BCUT2D eigenvalue weighted by Crippen LogP contribution is 2.26. The van der Waals surface area contributed by atoms with Crippen LogP contribution in [0.4, 0.5) is 5.95 Å². The number of aliphatic hydroxyl groups excluding tert-OH is 2. The zero-order valence-corrected chi connectivity index (χ0v) is 11.8. The molecular weight excluding hydrogens is 308 g/mol. The lowest BCUT2D eigenvalue weighted by Crippen LogP contribution is -2.28. The molecule has 3 atom stereocenters. The average molecular weight is 324 g/mol. The molecule has 0 aliphatic carbocycles. The van der Waals surface area contributed by atoms with E-state index in [1.54, 1.807) is 0 Å². The molecule has 1 saturated heterocycles. The molecule has 1 aromatic heterocycles. The maximum Gasteiger partial charge on any atom is 0.354 e. The van der Waals surface area contributed by atoms with Gasteiger partial charge in [0.15, 0.2) is 0 Å². The molecule has 0 bridgehead atoms. The molecule has 1 aromatic rings. The van der Waals surface area contributed by atoms with Crippen LogP contribution in [0.25, 0.3) is 0 Å². The maximum atomic E-state index is 11.4. The van der Waals surface area contributed by atoms with Crippen LogP contribution in [0.2, 0.25) is 0 Å². The second-order valence-electron chi connectivity index (χ2n) is 4.25. The summed E-state index contributed by atoms with van der Waals surface area (Å²) < 4.78 is 32.3. The van der Waals surface area contributed by atoms with Gasteiger partial charge in [-0.15, -0.1) is 0 Å². The fourth-order valence-electron chi connectivity index (χ4n) is 1.60. The first-order valence-electron chi connectivity index (χ1n) is 5.69. The summed E-state index contributed by atoms with van der Waals surface area (Å²) >= 11 is 0. The van der Waals surface area contributed by atoms with Gasteiger partial charge in [0.2, 0.25) is 5.95 Å². The first-order valence-corrected chi connectivity index (χ1v) is 7.54. The van der Waals surface area contributed by atoms with Gasteiger partial charge in [0.05, 0.1) is 19.0 Å². The van der Waals surface area contributed by atoms with Crippen molar-refractivity contribution in [3.63, 3.8) is 0 Å². The summed E-state index contributed by atoms with van der Waals surface area (Å²) in [5, 5.41) is 18.4. The number of nitrogens with two attached hydrogens (primary N) is 1. The predicted octanol–water partition coefficient (Wildman–Crippen LogP) is -2.63. The number of hydrogen-bond donors (Lipinski definition) is 4. The van der Waals surface area contributed by atoms with Gasteiger partial charge >= 0.3 is 5.69 Å². The standard InChI is InChI=1S/C8H12N4O4.CH4O3S/c9-7-10-3-12(8(15)11-7)6-1-4(14)5(2-13)16-6;1-5(2,3)4/h3-6,13-14H,1-2H2,(H2,9,11,15);1H3,(H,2,3,4)/t4-,5+,6+;/m0./s1. The molecular formula is C9H16N4O7S. The third-order valence-corrected chi connectivity index (χ3v) is 2.44. The van der Waals surface area contributed by atoms with Crippen LogP contribution in [0.15, 0.2) is 11.1 Å². The van der Waals surface area contributed by atoms with E-state index in [4.69, 9.17) is 20.1 Å². The van der Waals surface area contributed by atoms with E-state index in [-0.39, 0.29) is 19.0 Å². The van der Waals surface area contributed by atoms with Gasteiger partial charge in [-0.1, -0.05) is 0 Å². The summed E-state index contributed by atoms with van der Waals surface area (Å²) in [5.74, 6) is -0.112. The van der Waals surface area contributed by atoms with Crippen LogP contribution in [0.5, 0.6) is 0 Å². The lowest BCUT2D eigenvalue weighted by Gasteiger charge is -2.13. The predicted molar refractivity (Wildman–Crippen MR) is 69.8 cm³/mol. The number of nitrogen functional groups attached to an aromatic ring is 1. The van der Waals surface area contributed by atoms with E-state index in [1.807, 2.05) is 0 Å². The van der Waals surface area contributed by atoms with Crippen LogP contribution in [0, 0.1) is 0 Å². The van der Waals surface area contributed by atoms with Crippen molar-refractivity contribution in [2.45, 2.75) is 24.9 Å². The molecule has 0 amide bonds. The molecule has 120 valence electrons. The van der Waals surface area contributed by atoms with Crippen molar-refractivity contribution >= 4 is 16.1 Å². The maximum absolute atomic E-state index is 11.4. The second-order valence-corrected chi connectivity index (χ2v) is 5.72. The normalized spacial score (nSPS) is 25.2. The van der Waals surface area contributed by atoms with Gasteiger partial charge in [0.25, 0.3) is 10.1 Å². The first kappa shape index (κ1) is 17.5. The van der Waals surface area contributed by atoms with Crippen LogP contribution in [0.1, 0.15) is 12.6 Å². The Bertz CT molecular complexity index is 623. The number of nitrogens with zero attached hydrogens (tertiary/aromatic N) is 3. The van der Waals surface area contributed by atoms with E-state index in [0.717, 1.165) is 4.57 Å². The third-order valence-electron chi connectivity index (χ3n) is 2.44. The van der Waals surface area contributed by atoms with Crippen LogP contribution < -0.4 is 11.4 Å². The van der Waals surface area contributed by atoms with Crippen molar-refractivity contribution in [3.8, 4) is 0 Å². The lowest BCUT2D eigenvalue weighted by atomic mass is 10.2. The molecule has 2 heterocycles. The molecule has 11 nitrogen and oxygen atoms in total. The Balaban J connectivity index is 0.000000383. The van der Waals surface area contributed by atoms with Gasteiger partial charge in [-0.2, -0.15) is 13.4 Å². The molecule has 1 aliphatic heterocycles. The summed E-state index contributed by atoms with van der Waals surface area (Å²) in [5.41, 5.74) is 4.65. The fraction of sp³-hybridized carbons (Fsp3) is 0.667. The van der Waals surface area contributed by atoms with Crippen molar-refractivity contribution in [2.24, 2.45) is 0 Å². The lowest BCUT2D eigenvalue weighted by molar-refractivity contribution is -0.0462. The Morgan fingerprint density at radius 2 is 2.14 bits per heavy atom. The molecule has 0 radical (unpaired) electrons. The number of hydrogen-bond acceptors (Lipinski definition) is 9. The highest BCUT2D eigenvalue weighted by Gasteiger charge is 2.35. The van der Waals surface area contributed by atoms with Gasteiger partial charge in [0.1, 0.15) is 18.7 Å². The highest BCUT2D eigenvalue weighted by molar-refractivity contribution is 7.85. The van der Waals surface area contributed by atoms with Crippen molar-refractivity contribution in [1.82, 2.24) is 14.5 Å². The van der Waals surface area contributed by atoms with E-state index < -0.39 is 34.2 Å². The van der Waals surface area contributed by atoms with E-state index >= 15 is 0 Å². The SMILES string of the molecule is CS(=O)(=O)O.Nc1ncn([C@H]2C[C@H](O)[C@@H](CO)O2)c(=O)n1. The van der Waals surface area contributed by atoms with Crippen molar-refractivity contribution < 1.29 is 27.9 Å². The molecule has 21 heavy (non-hydrogen) atoms. The smallest absolute Gasteiger partial charge is 0.354 e. The topological polar surface area (TPSA) is 178 Å². The Kier molecular flexibility index (Phi) is 5.74. The molecule has 2 rings (SSSR count). The molecule has 5 N–H and O–H groups in total. The Morgan fingerprint density at radius 1 is 1.57 bits per heavy atom. The monoisotopic (exact) mass is 324 g/mol. The summed E-state index contributed by atoms with van der Waals surface area (Å²) in [6.07, 6.45) is -0.0260. The van der Waals surface area contributed by atoms with Crippen molar-refractivity contribution in [3.05, 3.63) is 16.8 Å². The van der Waals surface area contributed by atoms with Gasteiger partial charge in [-0.3, -0.25) is 9.12 Å². The van der Waals surface area contributed by atoms with E-state index in [2.05, 4.69) is 9.97 Å². The Morgan fingerprint density at radius 3 is 2.57 bits per heavy atom.